The standard InChI is InChI=1S/C18H21N3O4S/c1-4-14-11(3)10-15(26-14)17(23)21-20-16(22)12-6-8-13(9-7-12)19-18(24)25-5-2/h6-10H,4-5H2,1-3H3,(H,19,24)(H,20,22)(H,21,23). The number of ether oxygens (including phenoxy) is 1. The quantitative estimate of drug-likeness (QED) is 0.699. The summed E-state index contributed by atoms with van der Waals surface area (Å²) in [6.45, 7) is 5.97. The number of anilines is 1. The minimum Gasteiger partial charge on any atom is -0.450 e. The summed E-state index contributed by atoms with van der Waals surface area (Å²) in [6.07, 6.45) is 0.303. The van der Waals surface area contributed by atoms with Gasteiger partial charge in [0.05, 0.1) is 11.5 Å². The van der Waals surface area contributed by atoms with Crippen LogP contribution in [0.2, 0.25) is 0 Å². The molecule has 0 spiro atoms. The molecule has 0 aliphatic heterocycles. The molecule has 0 atom stereocenters. The third-order valence-electron chi connectivity index (χ3n) is 3.52. The van der Waals surface area contributed by atoms with Gasteiger partial charge in [-0.1, -0.05) is 6.92 Å². The van der Waals surface area contributed by atoms with Crippen molar-refractivity contribution in [3.63, 3.8) is 0 Å². The van der Waals surface area contributed by atoms with E-state index in [1.165, 1.54) is 23.5 Å². The van der Waals surface area contributed by atoms with Crippen LogP contribution in [0, 0.1) is 6.92 Å². The molecule has 1 heterocycles. The second-order valence-corrected chi connectivity index (χ2v) is 6.54. The molecule has 1 aromatic heterocycles. The Kier molecular flexibility index (Phi) is 6.74. The number of hydrogen-bond acceptors (Lipinski definition) is 5. The van der Waals surface area contributed by atoms with Crippen LogP contribution in [-0.4, -0.2) is 24.5 Å². The van der Waals surface area contributed by atoms with E-state index in [-0.39, 0.29) is 12.5 Å². The summed E-state index contributed by atoms with van der Waals surface area (Å²) in [4.78, 5) is 37.3. The lowest BCUT2D eigenvalue weighted by Crippen LogP contribution is -2.41. The molecule has 3 N–H and O–H groups in total. The maximum atomic E-state index is 12.1. The van der Waals surface area contributed by atoms with Gasteiger partial charge in [0.2, 0.25) is 0 Å². The summed E-state index contributed by atoms with van der Waals surface area (Å²) >= 11 is 1.41. The number of nitrogens with one attached hydrogen (secondary N) is 3. The molecule has 0 aliphatic rings. The van der Waals surface area contributed by atoms with E-state index in [4.69, 9.17) is 4.74 Å². The Bertz CT molecular complexity index is 799. The van der Waals surface area contributed by atoms with E-state index >= 15 is 0 Å². The molecule has 1 aromatic carbocycles. The Labute approximate surface area is 155 Å². The fraction of sp³-hybridized carbons (Fsp3) is 0.278. The van der Waals surface area contributed by atoms with E-state index in [9.17, 15) is 14.4 Å². The molecule has 0 aliphatic carbocycles. The van der Waals surface area contributed by atoms with Crippen LogP contribution < -0.4 is 16.2 Å². The number of amides is 3. The second-order valence-electron chi connectivity index (χ2n) is 5.40. The van der Waals surface area contributed by atoms with Gasteiger partial charge in [0, 0.05) is 16.1 Å². The SMILES string of the molecule is CCOC(=O)Nc1ccc(C(=O)NNC(=O)c2cc(C)c(CC)s2)cc1. The number of benzene rings is 1. The molecule has 2 rings (SSSR count). The van der Waals surface area contributed by atoms with Crippen molar-refractivity contribution in [2.24, 2.45) is 0 Å². The van der Waals surface area contributed by atoms with E-state index in [0.29, 0.717) is 16.1 Å². The van der Waals surface area contributed by atoms with Crippen LogP contribution in [0.25, 0.3) is 0 Å². The smallest absolute Gasteiger partial charge is 0.411 e. The lowest BCUT2D eigenvalue weighted by Gasteiger charge is -2.08. The highest BCUT2D eigenvalue weighted by Gasteiger charge is 2.13. The Morgan fingerprint density at radius 2 is 1.69 bits per heavy atom. The molecule has 26 heavy (non-hydrogen) atoms. The van der Waals surface area contributed by atoms with E-state index in [2.05, 4.69) is 16.2 Å². The van der Waals surface area contributed by atoms with Crippen LogP contribution >= 0.6 is 11.3 Å². The maximum absolute atomic E-state index is 12.1. The van der Waals surface area contributed by atoms with Gasteiger partial charge in [-0.15, -0.1) is 11.3 Å². The van der Waals surface area contributed by atoms with Crippen LogP contribution in [0.5, 0.6) is 0 Å². The summed E-state index contributed by atoms with van der Waals surface area (Å²) in [5.74, 6) is -0.809. The van der Waals surface area contributed by atoms with Crippen molar-refractivity contribution in [3.8, 4) is 0 Å². The van der Waals surface area contributed by atoms with Crippen LogP contribution in [0.15, 0.2) is 30.3 Å². The highest BCUT2D eigenvalue weighted by Crippen LogP contribution is 2.22. The van der Waals surface area contributed by atoms with E-state index in [1.807, 2.05) is 13.8 Å². The fourth-order valence-corrected chi connectivity index (χ4v) is 3.23. The van der Waals surface area contributed by atoms with Gasteiger partial charge in [0.25, 0.3) is 11.8 Å². The van der Waals surface area contributed by atoms with Crippen molar-refractivity contribution < 1.29 is 19.1 Å². The maximum Gasteiger partial charge on any atom is 0.411 e. The van der Waals surface area contributed by atoms with Gasteiger partial charge in [-0.3, -0.25) is 25.8 Å². The number of rotatable bonds is 5. The van der Waals surface area contributed by atoms with Crippen molar-refractivity contribution in [3.05, 3.63) is 51.2 Å². The van der Waals surface area contributed by atoms with Gasteiger partial charge < -0.3 is 4.74 Å². The topological polar surface area (TPSA) is 96.5 Å². The van der Waals surface area contributed by atoms with Crippen LogP contribution in [0.1, 0.15) is 44.3 Å². The number of carbonyl (C=O) groups is 3. The number of carbonyl (C=O) groups excluding carboxylic acids is 3. The lowest BCUT2D eigenvalue weighted by molar-refractivity contribution is 0.0849. The van der Waals surface area contributed by atoms with Gasteiger partial charge in [0.1, 0.15) is 0 Å². The van der Waals surface area contributed by atoms with Crippen molar-refractivity contribution >= 4 is 34.9 Å². The molecule has 2 aromatic rings. The average molecular weight is 375 g/mol. The van der Waals surface area contributed by atoms with Crippen LogP contribution in [0.4, 0.5) is 10.5 Å². The van der Waals surface area contributed by atoms with E-state index in [1.54, 1.807) is 25.1 Å². The third-order valence-corrected chi connectivity index (χ3v) is 4.90. The van der Waals surface area contributed by atoms with Gasteiger partial charge in [-0.2, -0.15) is 0 Å². The average Bonchev–Trinajstić information content (AvgIpc) is 3.01. The van der Waals surface area contributed by atoms with Gasteiger partial charge in [0.15, 0.2) is 0 Å². The highest BCUT2D eigenvalue weighted by atomic mass is 32.1. The molecule has 7 nitrogen and oxygen atoms in total. The minimum atomic E-state index is -0.561. The minimum absolute atomic E-state index is 0.273. The summed E-state index contributed by atoms with van der Waals surface area (Å²) in [6, 6.07) is 8.02. The lowest BCUT2D eigenvalue weighted by atomic mass is 10.2. The largest absolute Gasteiger partial charge is 0.450 e. The third kappa shape index (κ3) is 5.06. The molecule has 0 bridgehead atoms. The highest BCUT2D eigenvalue weighted by molar-refractivity contribution is 7.14. The van der Waals surface area contributed by atoms with Gasteiger partial charge in [-0.05, 0) is 56.2 Å². The zero-order valence-electron chi connectivity index (χ0n) is 14.8. The molecule has 0 fully saturated rings. The van der Waals surface area contributed by atoms with Gasteiger partial charge in [-0.25, -0.2) is 4.79 Å². The molecule has 0 saturated heterocycles. The van der Waals surface area contributed by atoms with Crippen LogP contribution in [-0.2, 0) is 11.2 Å². The zero-order chi connectivity index (χ0) is 19.1. The molecular weight excluding hydrogens is 354 g/mol. The Morgan fingerprint density at radius 1 is 1.04 bits per heavy atom. The Morgan fingerprint density at radius 3 is 2.27 bits per heavy atom. The molecule has 0 saturated carbocycles. The first-order valence-corrected chi connectivity index (χ1v) is 9.00. The van der Waals surface area contributed by atoms with E-state index in [0.717, 1.165) is 16.9 Å². The van der Waals surface area contributed by atoms with E-state index < -0.39 is 12.0 Å². The first kappa shape index (κ1) is 19.5. The number of thiophene rings is 1. The zero-order valence-corrected chi connectivity index (χ0v) is 15.7. The summed E-state index contributed by atoms with van der Waals surface area (Å²) in [5, 5.41) is 2.53. The monoisotopic (exact) mass is 375 g/mol. The summed E-state index contributed by atoms with van der Waals surface area (Å²) < 4.78 is 4.77. The predicted molar refractivity (Wildman–Crippen MR) is 100 cm³/mol. The fourth-order valence-electron chi connectivity index (χ4n) is 2.22. The van der Waals surface area contributed by atoms with Crippen molar-refractivity contribution in [2.45, 2.75) is 27.2 Å². The number of hydrazine groups is 1. The molecule has 138 valence electrons. The number of aryl methyl sites for hydroxylation is 2. The van der Waals surface area contributed by atoms with Crippen molar-refractivity contribution in [1.82, 2.24) is 10.9 Å². The molecule has 0 unspecified atom stereocenters. The molecule has 8 heteroatoms. The first-order valence-electron chi connectivity index (χ1n) is 8.18. The predicted octanol–water partition coefficient (Wildman–Crippen LogP) is 3.26. The molecular formula is C18H21N3O4S. The van der Waals surface area contributed by atoms with Crippen molar-refractivity contribution in [2.75, 3.05) is 11.9 Å². The molecule has 3 amide bonds. The normalized spacial score (nSPS) is 10.1. The van der Waals surface area contributed by atoms with Gasteiger partial charge >= 0.3 is 6.09 Å². The van der Waals surface area contributed by atoms with Crippen LogP contribution in [0.3, 0.4) is 0 Å². The summed E-state index contributed by atoms with van der Waals surface area (Å²) in [5.41, 5.74) is 6.71. The first-order chi connectivity index (χ1) is 12.4. The Hall–Kier alpha value is -2.87. The number of hydrogen-bond donors (Lipinski definition) is 3. The molecule has 0 radical (unpaired) electrons. The van der Waals surface area contributed by atoms with Crippen molar-refractivity contribution in [1.29, 1.82) is 0 Å². The Balaban J connectivity index is 1.90. The summed E-state index contributed by atoms with van der Waals surface area (Å²) in [7, 11) is 0. The second kappa shape index (κ2) is 9.00.